The first-order valence-electron chi connectivity index (χ1n) is 16.8. The molecule has 0 aromatic heterocycles. The van der Waals surface area contributed by atoms with Gasteiger partial charge in [-0.1, -0.05) is 175 Å². The van der Waals surface area contributed by atoms with E-state index in [9.17, 15) is 4.79 Å². The van der Waals surface area contributed by atoms with E-state index in [0.717, 1.165) is 25.7 Å². The quantitative estimate of drug-likeness (QED) is 0.0741. The highest BCUT2D eigenvalue weighted by atomic mass is 16.5. The summed E-state index contributed by atoms with van der Waals surface area (Å²) in [6.45, 7) is 9.60. The summed E-state index contributed by atoms with van der Waals surface area (Å²) in [5.74, 6) is 0.0799. The fraction of sp³-hybridized carbons (Fsp3) is 0.971. The second-order valence-corrected chi connectivity index (χ2v) is 12.0. The molecule has 2 heteroatoms. The standard InChI is InChI=1S/C34H68O2/c1-5-8-11-13-15-17-18-19-20-21-22-24-26-29-32-36-33(35)34(4,30-27-10-7-3)31-28-25-23-16-14-12-9-6-2/h5-32H2,1-4H3. The Balaban J connectivity index is 3.85. The van der Waals surface area contributed by atoms with Crippen molar-refractivity contribution in [1.29, 1.82) is 0 Å². The van der Waals surface area contributed by atoms with Crippen molar-refractivity contribution in [3.8, 4) is 0 Å². The van der Waals surface area contributed by atoms with Crippen molar-refractivity contribution >= 4 is 5.97 Å². The van der Waals surface area contributed by atoms with Crippen molar-refractivity contribution in [2.24, 2.45) is 5.41 Å². The molecular formula is C34H68O2. The van der Waals surface area contributed by atoms with Crippen LogP contribution >= 0.6 is 0 Å². The molecule has 0 saturated carbocycles. The van der Waals surface area contributed by atoms with Gasteiger partial charge in [-0.3, -0.25) is 4.79 Å². The van der Waals surface area contributed by atoms with Crippen LogP contribution in [0.3, 0.4) is 0 Å². The van der Waals surface area contributed by atoms with Crippen molar-refractivity contribution in [3.05, 3.63) is 0 Å². The van der Waals surface area contributed by atoms with Crippen LogP contribution in [0.4, 0.5) is 0 Å². The van der Waals surface area contributed by atoms with E-state index in [1.54, 1.807) is 0 Å². The van der Waals surface area contributed by atoms with Crippen LogP contribution in [0.2, 0.25) is 0 Å². The Morgan fingerprint density at radius 1 is 0.444 bits per heavy atom. The van der Waals surface area contributed by atoms with Gasteiger partial charge in [-0.05, 0) is 26.2 Å². The van der Waals surface area contributed by atoms with Gasteiger partial charge in [-0.25, -0.2) is 0 Å². The Hall–Kier alpha value is -0.530. The van der Waals surface area contributed by atoms with Gasteiger partial charge in [0, 0.05) is 0 Å². The molecule has 0 amide bonds. The number of unbranched alkanes of at least 4 members (excludes halogenated alkanes) is 22. The fourth-order valence-corrected chi connectivity index (χ4v) is 5.38. The molecule has 0 aliphatic heterocycles. The SMILES string of the molecule is CCCCCCCCCCCCCCCCOC(=O)C(C)(CCCCC)CCCCCCCCCC. The third-order valence-electron chi connectivity index (χ3n) is 8.14. The molecule has 36 heavy (non-hydrogen) atoms. The largest absolute Gasteiger partial charge is 0.465 e. The lowest BCUT2D eigenvalue weighted by molar-refractivity contribution is -0.156. The van der Waals surface area contributed by atoms with E-state index in [1.807, 2.05) is 0 Å². The number of rotatable bonds is 29. The Kier molecular flexibility index (Phi) is 27.1. The molecule has 0 aromatic carbocycles. The first-order chi connectivity index (χ1) is 17.6. The Morgan fingerprint density at radius 3 is 1.11 bits per heavy atom. The summed E-state index contributed by atoms with van der Waals surface area (Å²) in [5, 5.41) is 0. The van der Waals surface area contributed by atoms with E-state index in [1.165, 1.54) is 148 Å². The third kappa shape index (κ3) is 22.7. The van der Waals surface area contributed by atoms with Crippen LogP contribution in [0.5, 0.6) is 0 Å². The van der Waals surface area contributed by atoms with Crippen molar-refractivity contribution in [2.75, 3.05) is 6.61 Å². The van der Waals surface area contributed by atoms with Crippen LogP contribution in [0.1, 0.15) is 201 Å². The van der Waals surface area contributed by atoms with Crippen molar-refractivity contribution < 1.29 is 9.53 Å². The minimum Gasteiger partial charge on any atom is -0.465 e. The van der Waals surface area contributed by atoms with Gasteiger partial charge in [0.1, 0.15) is 0 Å². The van der Waals surface area contributed by atoms with Crippen LogP contribution in [0, 0.1) is 5.41 Å². The van der Waals surface area contributed by atoms with Crippen molar-refractivity contribution in [3.63, 3.8) is 0 Å². The van der Waals surface area contributed by atoms with E-state index in [2.05, 4.69) is 27.7 Å². The molecule has 1 atom stereocenters. The average molecular weight is 509 g/mol. The molecule has 216 valence electrons. The molecule has 0 spiro atoms. The number of ether oxygens (including phenoxy) is 1. The molecule has 0 heterocycles. The summed E-state index contributed by atoms with van der Waals surface area (Å²) in [5.41, 5.74) is -0.270. The highest BCUT2D eigenvalue weighted by molar-refractivity contribution is 5.76. The predicted octanol–water partition coefficient (Wildman–Crippen LogP) is 12.1. The Labute approximate surface area is 228 Å². The number of hydrogen-bond donors (Lipinski definition) is 0. The maximum atomic E-state index is 13.0. The molecule has 0 aromatic rings. The lowest BCUT2D eigenvalue weighted by Crippen LogP contribution is -2.30. The molecule has 0 aliphatic carbocycles. The fourth-order valence-electron chi connectivity index (χ4n) is 5.38. The van der Waals surface area contributed by atoms with E-state index in [4.69, 9.17) is 4.74 Å². The minimum atomic E-state index is -0.270. The zero-order valence-electron chi connectivity index (χ0n) is 25.6. The smallest absolute Gasteiger partial charge is 0.311 e. The zero-order valence-corrected chi connectivity index (χ0v) is 25.6. The van der Waals surface area contributed by atoms with Gasteiger partial charge in [0.05, 0.1) is 12.0 Å². The molecule has 0 N–H and O–H groups in total. The molecule has 0 aliphatic rings. The Bertz CT molecular complexity index is 446. The van der Waals surface area contributed by atoms with Crippen molar-refractivity contribution in [2.45, 2.75) is 201 Å². The molecule has 2 nitrogen and oxygen atoms in total. The van der Waals surface area contributed by atoms with E-state index < -0.39 is 0 Å². The number of carbonyl (C=O) groups is 1. The minimum absolute atomic E-state index is 0.0799. The van der Waals surface area contributed by atoms with E-state index >= 15 is 0 Å². The van der Waals surface area contributed by atoms with Crippen LogP contribution in [0.25, 0.3) is 0 Å². The molecule has 0 saturated heterocycles. The highest BCUT2D eigenvalue weighted by Crippen LogP contribution is 2.33. The normalized spacial score (nSPS) is 13.1. The van der Waals surface area contributed by atoms with Crippen LogP contribution < -0.4 is 0 Å². The lowest BCUT2D eigenvalue weighted by Gasteiger charge is -2.27. The topological polar surface area (TPSA) is 26.3 Å². The zero-order chi connectivity index (χ0) is 26.6. The maximum Gasteiger partial charge on any atom is 0.311 e. The van der Waals surface area contributed by atoms with E-state index in [0.29, 0.717) is 6.61 Å². The van der Waals surface area contributed by atoms with Gasteiger partial charge in [-0.15, -0.1) is 0 Å². The van der Waals surface area contributed by atoms with Crippen LogP contribution in [-0.2, 0) is 9.53 Å². The predicted molar refractivity (Wildman–Crippen MR) is 161 cm³/mol. The molecule has 1 unspecified atom stereocenters. The van der Waals surface area contributed by atoms with Crippen LogP contribution in [0.15, 0.2) is 0 Å². The third-order valence-corrected chi connectivity index (χ3v) is 8.14. The second kappa shape index (κ2) is 27.5. The highest BCUT2D eigenvalue weighted by Gasteiger charge is 2.33. The number of carbonyl (C=O) groups excluding carboxylic acids is 1. The molecule has 0 fully saturated rings. The monoisotopic (exact) mass is 509 g/mol. The molecule has 0 bridgehead atoms. The van der Waals surface area contributed by atoms with Crippen molar-refractivity contribution in [1.82, 2.24) is 0 Å². The number of esters is 1. The van der Waals surface area contributed by atoms with Crippen LogP contribution in [-0.4, -0.2) is 12.6 Å². The summed E-state index contributed by atoms with van der Waals surface area (Å²) in [7, 11) is 0. The average Bonchev–Trinajstić information content (AvgIpc) is 2.88. The Morgan fingerprint density at radius 2 is 0.722 bits per heavy atom. The van der Waals surface area contributed by atoms with Gasteiger partial charge < -0.3 is 4.74 Å². The number of hydrogen-bond acceptors (Lipinski definition) is 2. The molecular weight excluding hydrogens is 440 g/mol. The maximum absolute atomic E-state index is 13.0. The van der Waals surface area contributed by atoms with E-state index in [-0.39, 0.29) is 11.4 Å². The summed E-state index contributed by atoms with van der Waals surface area (Å²) in [4.78, 5) is 13.0. The van der Waals surface area contributed by atoms with Gasteiger partial charge >= 0.3 is 5.97 Å². The lowest BCUT2D eigenvalue weighted by atomic mass is 9.79. The van der Waals surface area contributed by atoms with Gasteiger partial charge in [0.15, 0.2) is 0 Å². The van der Waals surface area contributed by atoms with Gasteiger partial charge in [0.2, 0.25) is 0 Å². The summed E-state index contributed by atoms with van der Waals surface area (Å²) >= 11 is 0. The molecule has 0 rings (SSSR count). The summed E-state index contributed by atoms with van der Waals surface area (Å²) < 4.78 is 5.83. The first-order valence-corrected chi connectivity index (χ1v) is 16.8. The van der Waals surface area contributed by atoms with Gasteiger partial charge in [0.25, 0.3) is 0 Å². The van der Waals surface area contributed by atoms with Gasteiger partial charge in [-0.2, -0.15) is 0 Å². The first kappa shape index (κ1) is 35.5. The summed E-state index contributed by atoms with van der Waals surface area (Å²) in [6, 6.07) is 0. The molecule has 0 radical (unpaired) electrons. The summed E-state index contributed by atoms with van der Waals surface area (Å²) in [6.07, 6.45) is 35.2. The second-order valence-electron chi connectivity index (χ2n) is 12.0.